The standard InChI is InChI=1S/C19H21NO4/c1-22-15-10-8-14(9-11-15)20-19(21)17-6-2-3-7-18(17)24-13-16-5-4-12-23-16/h2-3,6-11,16H,4-5,12-13H2,1H3,(H,20,21). The first-order valence-corrected chi connectivity index (χ1v) is 8.05. The second kappa shape index (κ2) is 7.84. The van der Waals surface area contributed by atoms with Crippen LogP contribution in [0.25, 0.3) is 0 Å². The molecule has 24 heavy (non-hydrogen) atoms. The third-order valence-corrected chi connectivity index (χ3v) is 3.93. The molecule has 1 fully saturated rings. The van der Waals surface area contributed by atoms with E-state index in [0.717, 1.165) is 25.2 Å². The van der Waals surface area contributed by atoms with Gasteiger partial charge in [0.2, 0.25) is 0 Å². The molecule has 1 saturated heterocycles. The number of methoxy groups -OCH3 is 1. The fourth-order valence-corrected chi connectivity index (χ4v) is 2.61. The van der Waals surface area contributed by atoms with Gasteiger partial charge < -0.3 is 19.5 Å². The van der Waals surface area contributed by atoms with Crippen LogP contribution in [-0.2, 0) is 4.74 Å². The zero-order valence-corrected chi connectivity index (χ0v) is 13.7. The molecule has 1 aliphatic heterocycles. The Labute approximate surface area is 141 Å². The van der Waals surface area contributed by atoms with E-state index in [1.807, 2.05) is 12.1 Å². The van der Waals surface area contributed by atoms with Crippen LogP contribution in [0.4, 0.5) is 5.69 Å². The van der Waals surface area contributed by atoms with Gasteiger partial charge in [0.15, 0.2) is 0 Å². The zero-order chi connectivity index (χ0) is 16.8. The minimum absolute atomic E-state index is 0.114. The Hall–Kier alpha value is -2.53. The SMILES string of the molecule is COc1ccc(NC(=O)c2ccccc2OCC2CCCO2)cc1. The molecule has 2 aromatic carbocycles. The topological polar surface area (TPSA) is 56.8 Å². The Bertz CT molecular complexity index is 678. The average Bonchev–Trinajstić information content (AvgIpc) is 3.14. The molecule has 1 atom stereocenters. The summed E-state index contributed by atoms with van der Waals surface area (Å²) in [6.45, 7) is 1.25. The number of carbonyl (C=O) groups is 1. The van der Waals surface area contributed by atoms with Crippen LogP contribution in [0.1, 0.15) is 23.2 Å². The summed E-state index contributed by atoms with van der Waals surface area (Å²) in [5, 5.41) is 2.87. The second-order valence-electron chi connectivity index (χ2n) is 5.62. The summed E-state index contributed by atoms with van der Waals surface area (Å²) >= 11 is 0. The predicted molar refractivity (Wildman–Crippen MR) is 91.9 cm³/mol. The van der Waals surface area contributed by atoms with Gasteiger partial charge >= 0.3 is 0 Å². The van der Waals surface area contributed by atoms with Gasteiger partial charge in [-0.2, -0.15) is 0 Å². The summed E-state index contributed by atoms with van der Waals surface area (Å²) in [5.41, 5.74) is 1.21. The minimum Gasteiger partial charge on any atom is -0.497 e. The van der Waals surface area contributed by atoms with Crippen molar-refractivity contribution >= 4 is 11.6 Å². The monoisotopic (exact) mass is 327 g/mol. The molecule has 1 heterocycles. The van der Waals surface area contributed by atoms with Crippen molar-refractivity contribution in [2.75, 3.05) is 25.6 Å². The molecule has 0 bridgehead atoms. The van der Waals surface area contributed by atoms with E-state index in [1.165, 1.54) is 0 Å². The third kappa shape index (κ3) is 4.06. The van der Waals surface area contributed by atoms with Crippen LogP contribution >= 0.6 is 0 Å². The minimum atomic E-state index is -0.205. The molecule has 5 heteroatoms. The van der Waals surface area contributed by atoms with Crippen LogP contribution < -0.4 is 14.8 Å². The van der Waals surface area contributed by atoms with Gasteiger partial charge in [0.25, 0.3) is 5.91 Å². The van der Waals surface area contributed by atoms with E-state index in [4.69, 9.17) is 14.2 Å². The molecule has 3 rings (SSSR count). The van der Waals surface area contributed by atoms with Crippen LogP contribution in [0.2, 0.25) is 0 Å². The van der Waals surface area contributed by atoms with E-state index in [0.29, 0.717) is 23.6 Å². The van der Waals surface area contributed by atoms with Crippen LogP contribution in [0.15, 0.2) is 48.5 Å². The highest BCUT2D eigenvalue weighted by Crippen LogP contribution is 2.22. The maximum atomic E-state index is 12.5. The van der Waals surface area contributed by atoms with Crippen molar-refractivity contribution in [3.63, 3.8) is 0 Å². The van der Waals surface area contributed by atoms with Crippen molar-refractivity contribution in [3.05, 3.63) is 54.1 Å². The fraction of sp³-hybridized carbons (Fsp3) is 0.316. The number of para-hydroxylation sites is 1. The first-order chi connectivity index (χ1) is 11.8. The number of anilines is 1. The summed E-state index contributed by atoms with van der Waals surface area (Å²) in [4.78, 5) is 12.5. The van der Waals surface area contributed by atoms with Crippen molar-refractivity contribution in [2.45, 2.75) is 18.9 Å². The van der Waals surface area contributed by atoms with Gasteiger partial charge in [-0.25, -0.2) is 0 Å². The number of hydrogen-bond donors (Lipinski definition) is 1. The summed E-state index contributed by atoms with van der Waals surface area (Å²) in [7, 11) is 1.61. The van der Waals surface area contributed by atoms with E-state index in [-0.39, 0.29) is 12.0 Å². The van der Waals surface area contributed by atoms with Gasteiger partial charge in [-0.3, -0.25) is 4.79 Å². The molecule has 1 unspecified atom stereocenters. The van der Waals surface area contributed by atoms with Crippen molar-refractivity contribution in [1.29, 1.82) is 0 Å². The Morgan fingerprint density at radius 2 is 2.00 bits per heavy atom. The van der Waals surface area contributed by atoms with E-state index in [2.05, 4.69) is 5.32 Å². The molecule has 5 nitrogen and oxygen atoms in total. The van der Waals surface area contributed by atoms with E-state index >= 15 is 0 Å². The summed E-state index contributed by atoms with van der Waals surface area (Å²) in [5.74, 6) is 1.11. The van der Waals surface area contributed by atoms with Gasteiger partial charge in [-0.05, 0) is 49.2 Å². The molecule has 0 radical (unpaired) electrons. The summed E-state index contributed by atoms with van der Waals surface area (Å²) < 4.78 is 16.5. The van der Waals surface area contributed by atoms with Crippen LogP contribution in [0.5, 0.6) is 11.5 Å². The van der Waals surface area contributed by atoms with Gasteiger partial charge in [0.1, 0.15) is 18.1 Å². The van der Waals surface area contributed by atoms with Crippen molar-refractivity contribution < 1.29 is 19.0 Å². The van der Waals surface area contributed by atoms with E-state index in [1.54, 1.807) is 43.5 Å². The zero-order valence-electron chi connectivity index (χ0n) is 13.7. The lowest BCUT2D eigenvalue weighted by Gasteiger charge is -2.14. The normalized spacial score (nSPS) is 16.6. The lowest BCUT2D eigenvalue weighted by Crippen LogP contribution is -2.19. The Morgan fingerprint density at radius 1 is 1.21 bits per heavy atom. The molecule has 0 aromatic heterocycles. The van der Waals surface area contributed by atoms with Gasteiger partial charge in [-0.15, -0.1) is 0 Å². The predicted octanol–water partition coefficient (Wildman–Crippen LogP) is 3.51. The number of nitrogens with one attached hydrogen (secondary N) is 1. The van der Waals surface area contributed by atoms with Gasteiger partial charge in [0, 0.05) is 12.3 Å². The quantitative estimate of drug-likeness (QED) is 0.882. The highest BCUT2D eigenvalue weighted by Gasteiger charge is 2.18. The molecule has 1 N–H and O–H groups in total. The molecular formula is C19H21NO4. The number of hydrogen-bond acceptors (Lipinski definition) is 4. The molecular weight excluding hydrogens is 306 g/mol. The Balaban J connectivity index is 1.66. The molecule has 126 valence electrons. The van der Waals surface area contributed by atoms with Crippen molar-refractivity contribution in [3.8, 4) is 11.5 Å². The second-order valence-corrected chi connectivity index (χ2v) is 5.62. The molecule has 0 saturated carbocycles. The lowest BCUT2D eigenvalue weighted by molar-refractivity contribution is 0.0673. The number of amides is 1. The number of rotatable bonds is 6. The first-order valence-electron chi connectivity index (χ1n) is 8.05. The lowest BCUT2D eigenvalue weighted by atomic mass is 10.1. The Morgan fingerprint density at radius 3 is 2.71 bits per heavy atom. The molecule has 2 aromatic rings. The third-order valence-electron chi connectivity index (χ3n) is 3.93. The van der Waals surface area contributed by atoms with Gasteiger partial charge in [0.05, 0.1) is 18.8 Å². The smallest absolute Gasteiger partial charge is 0.259 e. The summed E-state index contributed by atoms with van der Waals surface area (Å²) in [6.07, 6.45) is 2.18. The summed E-state index contributed by atoms with van der Waals surface area (Å²) in [6, 6.07) is 14.4. The average molecular weight is 327 g/mol. The van der Waals surface area contributed by atoms with Crippen molar-refractivity contribution in [2.24, 2.45) is 0 Å². The Kier molecular flexibility index (Phi) is 5.33. The highest BCUT2D eigenvalue weighted by atomic mass is 16.5. The maximum absolute atomic E-state index is 12.5. The first kappa shape index (κ1) is 16.3. The largest absolute Gasteiger partial charge is 0.497 e. The molecule has 1 aliphatic rings. The van der Waals surface area contributed by atoms with Gasteiger partial charge in [-0.1, -0.05) is 12.1 Å². The number of benzene rings is 2. The van der Waals surface area contributed by atoms with Crippen LogP contribution in [-0.4, -0.2) is 32.3 Å². The number of ether oxygens (including phenoxy) is 3. The highest BCUT2D eigenvalue weighted by molar-refractivity contribution is 6.06. The molecule has 0 aliphatic carbocycles. The van der Waals surface area contributed by atoms with E-state index in [9.17, 15) is 4.79 Å². The van der Waals surface area contributed by atoms with Crippen LogP contribution in [0.3, 0.4) is 0 Å². The van der Waals surface area contributed by atoms with E-state index < -0.39 is 0 Å². The number of carbonyl (C=O) groups excluding carboxylic acids is 1. The maximum Gasteiger partial charge on any atom is 0.259 e. The fourth-order valence-electron chi connectivity index (χ4n) is 2.61. The van der Waals surface area contributed by atoms with Crippen molar-refractivity contribution in [1.82, 2.24) is 0 Å². The van der Waals surface area contributed by atoms with Crippen LogP contribution in [0, 0.1) is 0 Å². The molecule has 1 amide bonds. The molecule has 0 spiro atoms.